The first-order chi connectivity index (χ1) is 10.5. The molecular formula is C13H16N4O3S2. The summed E-state index contributed by atoms with van der Waals surface area (Å²) < 4.78 is 13.0. The number of hydrazone groups is 1. The smallest absolute Gasteiger partial charge is 0.308 e. The number of rotatable bonds is 5. The predicted molar refractivity (Wildman–Crippen MR) is 92.2 cm³/mol. The molecule has 0 atom stereocenters. The number of nitrogens with zero attached hydrogens (tertiary/aromatic N) is 2. The fraction of sp³-hybridized carbons (Fsp3) is 0.308. The highest BCUT2D eigenvalue weighted by atomic mass is 32.1. The Kier molecular flexibility index (Phi) is 4.99. The van der Waals surface area contributed by atoms with E-state index < -0.39 is 0 Å². The Labute approximate surface area is 136 Å². The third-order valence-electron chi connectivity index (χ3n) is 2.92. The first-order valence-corrected chi connectivity index (χ1v) is 7.52. The number of nitrogens with two attached hydrogens (primary N) is 1. The average molecular weight is 340 g/mol. The van der Waals surface area contributed by atoms with Crippen LogP contribution >= 0.6 is 23.6 Å². The molecule has 2 rings (SSSR count). The van der Waals surface area contributed by atoms with Gasteiger partial charge in [-0.3, -0.25) is 14.8 Å². The lowest BCUT2D eigenvalue weighted by Crippen LogP contribution is -2.26. The van der Waals surface area contributed by atoms with Crippen LogP contribution in [-0.2, 0) is 6.54 Å². The van der Waals surface area contributed by atoms with Gasteiger partial charge in [-0.1, -0.05) is 11.3 Å². The van der Waals surface area contributed by atoms with E-state index in [1.54, 1.807) is 37.8 Å². The molecule has 1 aromatic carbocycles. The van der Waals surface area contributed by atoms with Crippen LogP contribution in [0.5, 0.6) is 11.5 Å². The molecule has 2 aromatic rings. The Morgan fingerprint density at radius 1 is 1.41 bits per heavy atom. The Hall–Kier alpha value is -2.13. The third kappa shape index (κ3) is 3.37. The summed E-state index contributed by atoms with van der Waals surface area (Å²) in [6.45, 7) is 2.10. The number of hydrogen-bond acceptors (Lipinski definition) is 6. The van der Waals surface area contributed by atoms with Gasteiger partial charge in [0.25, 0.3) is 0 Å². The van der Waals surface area contributed by atoms with Crippen LogP contribution < -0.4 is 25.5 Å². The van der Waals surface area contributed by atoms with Crippen molar-refractivity contribution in [2.75, 3.05) is 14.2 Å². The van der Waals surface area contributed by atoms with Crippen LogP contribution in [0.4, 0.5) is 0 Å². The number of thiocarbonyl (C=S) groups is 1. The standard InChI is InChI=1S/C13H16N4O3S2/c1-7(15-16-12(14)21)6-17-8-4-9(19-2)10(20-3)5-11(8)22-13(17)18/h4-5H,6H2,1-3H3,(H3,14,16,21)/b15-7+. The molecule has 22 heavy (non-hydrogen) atoms. The van der Waals surface area contributed by atoms with Gasteiger partial charge in [0.2, 0.25) is 0 Å². The van der Waals surface area contributed by atoms with Crippen molar-refractivity contribution in [2.24, 2.45) is 10.8 Å². The van der Waals surface area contributed by atoms with Crippen LogP contribution in [-0.4, -0.2) is 29.6 Å². The van der Waals surface area contributed by atoms with Crippen molar-refractivity contribution in [3.8, 4) is 11.5 Å². The van der Waals surface area contributed by atoms with E-state index in [4.69, 9.17) is 15.2 Å². The average Bonchev–Trinajstić information content (AvgIpc) is 2.78. The van der Waals surface area contributed by atoms with E-state index >= 15 is 0 Å². The van der Waals surface area contributed by atoms with E-state index in [1.807, 2.05) is 0 Å². The van der Waals surface area contributed by atoms with E-state index in [9.17, 15) is 4.79 Å². The molecule has 0 aliphatic carbocycles. The number of ether oxygens (including phenoxy) is 2. The number of thiazole rings is 1. The second-order valence-corrected chi connectivity index (χ2v) is 5.89. The number of fused-ring (bicyclic) bond motifs is 1. The molecule has 0 amide bonds. The topological polar surface area (TPSA) is 90.9 Å². The van der Waals surface area contributed by atoms with Gasteiger partial charge in [-0.05, 0) is 19.1 Å². The van der Waals surface area contributed by atoms with Crippen LogP contribution in [0, 0.1) is 0 Å². The summed E-state index contributed by atoms with van der Waals surface area (Å²) in [7, 11) is 3.11. The fourth-order valence-corrected chi connectivity index (χ4v) is 2.90. The van der Waals surface area contributed by atoms with Gasteiger partial charge >= 0.3 is 4.87 Å². The largest absolute Gasteiger partial charge is 0.493 e. The summed E-state index contributed by atoms with van der Waals surface area (Å²) in [5.74, 6) is 1.15. The monoisotopic (exact) mass is 340 g/mol. The molecule has 0 aliphatic heterocycles. The summed E-state index contributed by atoms with van der Waals surface area (Å²) in [6.07, 6.45) is 0. The molecule has 0 fully saturated rings. The summed E-state index contributed by atoms with van der Waals surface area (Å²) in [6, 6.07) is 3.57. The zero-order valence-electron chi connectivity index (χ0n) is 12.4. The SMILES string of the molecule is COc1cc2sc(=O)n(C/C(C)=N/NC(N)=S)c2cc1OC. The normalized spacial score (nSPS) is 11.5. The molecule has 0 spiro atoms. The maximum absolute atomic E-state index is 12.2. The molecule has 1 aromatic heterocycles. The number of methoxy groups -OCH3 is 2. The van der Waals surface area contributed by atoms with Gasteiger partial charge in [-0.2, -0.15) is 5.10 Å². The van der Waals surface area contributed by atoms with Crippen molar-refractivity contribution < 1.29 is 9.47 Å². The van der Waals surface area contributed by atoms with Gasteiger partial charge in [0.1, 0.15) is 0 Å². The summed E-state index contributed by atoms with van der Waals surface area (Å²) in [4.78, 5) is 12.1. The summed E-state index contributed by atoms with van der Waals surface area (Å²) in [5, 5.41) is 4.09. The van der Waals surface area contributed by atoms with Crippen molar-refractivity contribution in [3.05, 3.63) is 21.8 Å². The highest BCUT2D eigenvalue weighted by Gasteiger charge is 2.13. The van der Waals surface area contributed by atoms with Gasteiger partial charge in [0.05, 0.1) is 36.7 Å². The Bertz CT molecular complexity index is 794. The van der Waals surface area contributed by atoms with Crippen LogP contribution in [0.25, 0.3) is 10.2 Å². The van der Waals surface area contributed by atoms with Crippen LogP contribution in [0.3, 0.4) is 0 Å². The summed E-state index contributed by atoms with van der Waals surface area (Å²) >= 11 is 5.83. The number of nitrogens with one attached hydrogen (secondary N) is 1. The van der Waals surface area contributed by atoms with E-state index in [1.165, 1.54) is 0 Å². The highest BCUT2D eigenvalue weighted by Crippen LogP contribution is 2.33. The van der Waals surface area contributed by atoms with E-state index in [0.29, 0.717) is 23.8 Å². The lowest BCUT2D eigenvalue weighted by molar-refractivity contribution is 0.356. The van der Waals surface area contributed by atoms with Crippen molar-refractivity contribution in [3.63, 3.8) is 0 Å². The van der Waals surface area contributed by atoms with Crippen LogP contribution in [0.1, 0.15) is 6.92 Å². The van der Waals surface area contributed by atoms with Crippen molar-refractivity contribution in [1.82, 2.24) is 9.99 Å². The first-order valence-electron chi connectivity index (χ1n) is 6.30. The predicted octanol–water partition coefficient (Wildman–Crippen LogP) is 1.29. The molecule has 0 saturated heterocycles. The molecule has 7 nitrogen and oxygen atoms in total. The van der Waals surface area contributed by atoms with E-state index in [0.717, 1.165) is 21.6 Å². The van der Waals surface area contributed by atoms with Crippen LogP contribution in [0.2, 0.25) is 0 Å². The van der Waals surface area contributed by atoms with Crippen molar-refractivity contribution in [1.29, 1.82) is 0 Å². The zero-order valence-corrected chi connectivity index (χ0v) is 14.0. The van der Waals surface area contributed by atoms with Gasteiger partial charge in [-0.25, -0.2) is 0 Å². The number of aromatic nitrogens is 1. The van der Waals surface area contributed by atoms with Crippen LogP contribution in [0.15, 0.2) is 22.0 Å². The van der Waals surface area contributed by atoms with Gasteiger partial charge in [0.15, 0.2) is 16.6 Å². The lowest BCUT2D eigenvalue weighted by atomic mass is 10.3. The number of benzene rings is 1. The molecule has 0 unspecified atom stereocenters. The second-order valence-electron chi connectivity index (χ2n) is 4.45. The molecule has 9 heteroatoms. The Morgan fingerprint density at radius 3 is 2.64 bits per heavy atom. The minimum Gasteiger partial charge on any atom is -0.493 e. The molecule has 0 saturated carbocycles. The molecule has 0 bridgehead atoms. The minimum atomic E-state index is -0.0878. The highest BCUT2D eigenvalue weighted by molar-refractivity contribution is 7.80. The lowest BCUT2D eigenvalue weighted by Gasteiger charge is -2.09. The molecule has 0 aliphatic rings. The summed E-state index contributed by atoms with van der Waals surface area (Å²) in [5.41, 5.74) is 9.26. The van der Waals surface area contributed by atoms with E-state index in [-0.39, 0.29) is 9.99 Å². The second kappa shape index (κ2) is 6.75. The molecular weight excluding hydrogens is 324 g/mol. The number of hydrogen-bond donors (Lipinski definition) is 2. The maximum atomic E-state index is 12.2. The van der Waals surface area contributed by atoms with Crippen molar-refractivity contribution >= 4 is 44.6 Å². The molecule has 0 radical (unpaired) electrons. The van der Waals surface area contributed by atoms with Gasteiger partial charge in [0, 0.05) is 12.1 Å². The molecule has 1 heterocycles. The van der Waals surface area contributed by atoms with E-state index in [2.05, 4.69) is 22.7 Å². The Balaban J connectivity index is 2.46. The van der Waals surface area contributed by atoms with Gasteiger partial charge < -0.3 is 15.2 Å². The first kappa shape index (κ1) is 16.2. The van der Waals surface area contributed by atoms with Crippen molar-refractivity contribution in [2.45, 2.75) is 13.5 Å². The zero-order chi connectivity index (χ0) is 16.3. The minimum absolute atomic E-state index is 0.0771. The Morgan fingerprint density at radius 2 is 2.05 bits per heavy atom. The molecule has 3 N–H and O–H groups in total. The fourth-order valence-electron chi connectivity index (χ4n) is 1.95. The molecule has 118 valence electrons. The quantitative estimate of drug-likeness (QED) is 0.484. The maximum Gasteiger partial charge on any atom is 0.308 e. The van der Waals surface area contributed by atoms with Gasteiger partial charge in [-0.15, -0.1) is 0 Å². The third-order valence-corrected chi connectivity index (χ3v) is 3.95.